The summed E-state index contributed by atoms with van der Waals surface area (Å²) < 4.78 is 24.3. The van der Waals surface area contributed by atoms with Gasteiger partial charge in [-0.3, -0.25) is 0 Å². The molecule has 0 heterocycles. The van der Waals surface area contributed by atoms with Crippen molar-refractivity contribution in [1.29, 1.82) is 0 Å². The van der Waals surface area contributed by atoms with E-state index in [1.807, 2.05) is 20.8 Å². The molecule has 96 valence electrons. The molecule has 0 aromatic carbocycles. The normalized spacial score (nSPS) is 22.0. The fourth-order valence-corrected chi connectivity index (χ4v) is 4.38. The lowest BCUT2D eigenvalue weighted by molar-refractivity contribution is 0.339. The minimum absolute atomic E-state index is 0.130. The van der Waals surface area contributed by atoms with Crippen molar-refractivity contribution in [2.24, 2.45) is 11.1 Å². The molecule has 1 aliphatic rings. The second-order valence-electron chi connectivity index (χ2n) is 6.06. The van der Waals surface area contributed by atoms with Crippen molar-refractivity contribution in [2.75, 3.05) is 5.75 Å². The molecule has 0 bridgehead atoms. The van der Waals surface area contributed by atoms with Crippen LogP contribution in [0.1, 0.15) is 52.9 Å². The van der Waals surface area contributed by atoms with E-state index in [9.17, 15) is 8.42 Å². The predicted octanol–water partition coefficient (Wildman–Crippen LogP) is 2.11. The van der Waals surface area contributed by atoms with Crippen molar-refractivity contribution in [2.45, 2.75) is 64.2 Å². The quantitative estimate of drug-likeness (QED) is 0.831. The van der Waals surface area contributed by atoms with E-state index in [-0.39, 0.29) is 22.5 Å². The average Bonchev–Trinajstić information content (AvgIpc) is 2.17. The molecule has 4 heteroatoms. The smallest absolute Gasteiger partial charge is 0.154 e. The van der Waals surface area contributed by atoms with Gasteiger partial charge in [-0.15, -0.1) is 0 Å². The van der Waals surface area contributed by atoms with Gasteiger partial charge in [0.1, 0.15) is 0 Å². The van der Waals surface area contributed by atoms with E-state index in [2.05, 4.69) is 0 Å². The highest BCUT2D eigenvalue weighted by Crippen LogP contribution is 2.27. The molecule has 3 nitrogen and oxygen atoms in total. The number of rotatable bonds is 3. The van der Waals surface area contributed by atoms with Gasteiger partial charge in [0.2, 0.25) is 0 Å². The first-order chi connectivity index (χ1) is 7.23. The SMILES string of the molecule is CC(C)(C)C(N)CS(=O)(=O)C1CCCCC1. The van der Waals surface area contributed by atoms with Crippen molar-refractivity contribution < 1.29 is 8.42 Å². The zero-order chi connectivity index (χ0) is 12.4. The van der Waals surface area contributed by atoms with Crippen LogP contribution < -0.4 is 5.73 Å². The Morgan fingerprint density at radius 2 is 1.69 bits per heavy atom. The Kier molecular flexibility index (Phi) is 4.41. The molecule has 1 unspecified atom stereocenters. The van der Waals surface area contributed by atoms with E-state index in [4.69, 9.17) is 5.73 Å². The highest BCUT2D eigenvalue weighted by Gasteiger charge is 2.32. The molecule has 0 aromatic heterocycles. The standard InChI is InChI=1S/C12H25NO2S/c1-12(2,3)11(13)9-16(14,15)10-7-5-4-6-8-10/h10-11H,4-9,13H2,1-3H3. The minimum atomic E-state index is -2.99. The molecule has 0 aromatic rings. The van der Waals surface area contributed by atoms with Crippen molar-refractivity contribution in [3.8, 4) is 0 Å². The average molecular weight is 247 g/mol. The summed E-state index contributed by atoms with van der Waals surface area (Å²) in [5, 5.41) is -0.130. The van der Waals surface area contributed by atoms with Crippen molar-refractivity contribution >= 4 is 9.84 Å². The highest BCUT2D eigenvalue weighted by molar-refractivity contribution is 7.92. The molecule has 1 rings (SSSR count). The maximum Gasteiger partial charge on any atom is 0.154 e. The number of nitrogens with two attached hydrogens (primary N) is 1. The molecule has 2 N–H and O–H groups in total. The Labute approximate surface area is 99.7 Å². The van der Waals surface area contributed by atoms with Gasteiger partial charge in [-0.2, -0.15) is 0 Å². The number of hydrogen-bond donors (Lipinski definition) is 1. The molecule has 0 radical (unpaired) electrons. The van der Waals surface area contributed by atoms with Crippen molar-refractivity contribution in [1.82, 2.24) is 0 Å². The third-order valence-corrected chi connectivity index (χ3v) is 5.90. The van der Waals surface area contributed by atoms with Crippen molar-refractivity contribution in [3.05, 3.63) is 0 Å². The number of hydrogen-bond acceptors (Lipinski definition) is 3. The molecule has 0 spiro atoms. The van der Waals surface area contributed by atoms with Gasteiger partial charge in [0, 0.05) is 6.04 Å². The van der Waals surface area contributed by atoms with E-state index in [0.717, 1.165) is 25.7 Å². The predicted molar refractivity (Wildman–Crippen MR) is 68.1 cm³/mol. The molecule has 1 fully saturated rings. The minimum Gasteiger partial charge on any atom is -0.326 e. The first-order valence-corrected chi connectivity index (χ1v) is 7.92. The van der Waals surface area contributed by atoms with Crippen LogP contribution in [0.3, 0.4) is 0 Å². The Morgan fingerprint density at radius 3 is 2.12 bits per heavy atom. The van der Waals surface area contributed by atoms with Gasteiger partial charge in [0.15, 0.2) is 9.84 Å². The Morgan fingerprint density at radius 1 is 1.19 bits per heavy atom. The molecule has 1 atom stereocenters. The van der Waals surface area contributed by atoms with Crippen LogP contribution in [-0.4, -0.2) is 25.5 Å². The molecule has 1 aliphatic carbocycles. The summed E-state index contributed by atoms with van der Waals surface area (Å²) in [6.07, 6.45) is 4.94. The lowest BCUT2D eigenvalue weighted by Crippen LogP contribution is -2.43. The topological polar surface area (TPSA) is 60.2 Å². The molecule has 0 saturated heterocycles. The van der Waals surface area contributed by atoms with Gasteiger partial charge in [-0.25, -0.2) is 8.42 Å². The highest BCUT2D eigenvalue weighted by atomic mass is 32.2. The summed E-state index contributed by atoms with van der Waals surface area (Å²) in [5.41, 5.74) is 5.83. The lowest BCUT2D eigenvalue weighted by atomic mass is 9.89. The van der Waals surface area contributed by atoms with Crippen LogP contribution in [0.15, 0.2) is 0 Å². The first-order valence-electron chi connectivity index (χ1n) is 6.20. The summed E-state index contributed by atoms with van der Waals surface area (Å²) in [6.45, 7) is 5.98. The molecule has 1 saturated carbocycles. The van der Waals surface area contributed by atoms with E-state index >= 15 is 0 Å². The maximum absolute atomic E-state index is 12.2. The fraction of sp³-hybridized carbons (Fsp3) is 1.00. The monoisotopic (exact) mass is 247 g/mol. The van der Waals surface area contributed by atoms with Crippen LogP contribution in [0.5, 0.6) is 0 Å². The molecular weight excluding hydrogens is 222 g/mol. The Balaban J connectivity index is 2.64. The van der Waals surface area contributed by atoms with Gasteiger partial charge < -0.3 is 5.73 Å². The van der Waals surface area contributed by atoms with E-state index < -0.39 is 9.84 Å². The molecular formula is C12H25NO2S. The third kappa shape index (κ3) is 3.74. The lowest BCUT2D eigenvalue weighted by Gasteiger charge is -2.29. The first kappa shape index (κ1) is 14.0. The maximum atomic E-state index is 12.2. The van der Waals surface area contributed by atoms with Crippen LogP contribution in [-0.2, 0) is 9.84 Å². The Hall–Kier alpha value is -0.0900. The largest absolute Gasteiger partial charge is 0.326 e. The zero-order valence-corrected chi connectivity index (χ0v) is 11.5. The fourth-order valence-electron chi connectivity index (χ4n) is 2.06. The molecule has 0 amide bonds. The van der Waals surface area contributed by atoms with E-state index in [1.165, 1.54) is 6.42 Å². The van der Waals surface area contributed by atoms with Gasteiger partial charge >= 0.3 is 0 Å². The second-order valence-corrected chi connectivity index (χ2v) is 8.39. The zero-order valence-electron chi connectivity index (χ0n) is 10.7. The van der Waals surface area contributed by atoms with Gasteiger partial charge in [0.25, 0.3) is 0 Å². The van der Waals surface area contributed by atoms with Gasteiger partial charge in [-0.1, -0.05) is 40.0 Å². The summed E-state index contributed by atoms with van der Waals surface area (Å²) in [6, 6.07) is -0.264. The van der Waals surface area contributed by atoms with Gasteiger partial charge in [0.05, 0.1) is 11.0 Å². The summed E-state index contributed by atoms with van der Waals surface area (Å²) in [7, 11) is -2.99. The van der Waals surface area contributed by atoms with E-state index in [1.54, 1.807) is 0 Å². The third-order valence-electron chi connectivity index (χ3n) is 3.58. The van der Waals surface area contributed by atoms with Crippen molar-refractivity contribution in [3.63, 3.8) is 0 Å². The van der Waals surface area contributed by atoms with Crippen LogP contribution >= 0.6 is 0 Å². The van der Waals surface area contributed by atoms with Gasteiger partial charge in [-0.05, 0) is 18.3 Å². The summed E-state index contributed by atoms with van der Waals surface area (Å²) in [5.74, 6) is 0.140. The molecule has 16 heavy (non-hydrogen) atoms. The number of sulfone groups is 1. The Bertz CT molecular complexity index is 310. The van der Waals surface area contributed by atoms with Crippen LogP contribution in [0.4, 0.5) is 0 Å². The second kappa shape index (κ2) is 5.05. The van der Waals surface area contributed by atoms with Crippen LogP contribution in [0.2, 0.25) is 0 Å². The van der Waals surface area contributed by atoms with Crippen LogP contribution in [0, 0.1) is 5.41 Å². The summed E-state index contributed by atoms with van der Waals surface area (Å²) >= 11 is 0. The summed E-state index contributed by atoms with van der Waals surface area (Å²) in [4.78, 5) is 0. The van der Waals surface area contributed by atoms with E-state index in [0.29, 0.717) is 0 Å². The van der Waals surface area contributed by atoms with Crippen LogP contribution in [0.25, 0.3) is 0 Å². The molecule has 0 aliphatic heterocycles.